The van der Waals surface area contributed by atoms with Crippen LogP contribution in [-0.2, 0) is 11.2 Å². The van der Waals surface area contributed by atoms with Crippen molar-refractivity contribution in [1.29, 1.82) is 0 Å². The number of rotatable bonds is 4. The molecule has 0 saturated carbocycles. The molecule has 1 unspecified atom stereocenters. The van der Waals surface area contributed by atoms with Gasteiger partial charge >= 0.3 is 5.97 Å². The van der Waals surface area contributed by atoms with Crippen LogP contribution in [0, 0.1) is 0 Å². The largest absolute Gasteiger partial charge is 0.465 e. The van der Waals surface area contributed by atoms with Gasteiger partial charge in [-0.2, -0.15) is 0 Å². The van der Waals surface area contributed by atoms with Gasteiger partial charge in [0.05, 0.1) is 18.4 Å². The minimum Gasteiger partial charge on any atom is -0.465 e. The van der Waals surface area contributed by atoms with Crippen LogP contribution >= 0.6 is 0 Å². The van der Waals surface area contributed by atoms with Crippen molar-refractivity contribution in [1.82, 2.24) is 10.2 Å². The van der Waals surface area contributed by atoms with Crippen molar-refractivity contribution in [3.05, 3.63) is 77.5 Å². The Balaban J connectivity index is 1.55. The van der Waals surface area contributed by atoms with Crippen LogP contribution in [0.5, 0.6) is 0 Å². The molecule has 0 saturated heterocycles. The number of methoxy groups -OCH3 is 1. The second kappa shape index (κ2) is 7.71. The summed E-state index contributed by atoms with van der Waals surface area (Å²) in [7, 11) is 1.33. The van der Waals surface area contributed by atoms with E-state index < -0.39 is 5.97 Å². The standard InChI is InChI=1S/C22H20N4O3/c1-14-13-15-7-3-6-10-19(15)26(14)21(27)18-11-12-20(25-24-18)23-17-9-5-4-8-16(17)22(28)29-2/h3-12,14H,13H2,1-2H3,(H,23,25). The number of para-hydroxylation sites is 2. The average molecular weight is 388 g/mol. The number of esters is 1. The molecule has 1 aromatic heterocycles. The molecule has 1 atom stereocenters. The Morgan fingerprint density at radius 1 is 1.03 bits per heavy atom. The summed E-state index contributed by atoms with van der Waals surface area (Å²) in [5, 5.41) is 11.3. The zero-order valence-electron chi connectivity index (χ0n) is 16.1. The van der Waals surface area contributed by atoms with Gasteiger partial charge in [0, 0.05) is 11.7 Å². The van der Waals surface area contributed by atoms with Crippen LogP contribution in [0.25, 0.3) is 0 Å². The minimum atomic E-state index is -0.449. The second-order valence-corrected chi connectivity index (χ2v) is 6.82. The van der Waals surface area contributed by atoms with Gasteiger partial charge in [-0.1, -0.05) is 30.3 Å². The molecule has 146 valence electrons. The molecule has 29 heavy (non-hydrogen) atoms. The normalized spacial score (nSPS) is 15.0. The Labute approximate surface area is 168 Å². The Morgan fingerprint density at radius 2 is 1.79 bits per heavy atom. The molecule has 0 radical (unpaired) electrons. The number of ether oxygens (including phenoxy) is 1. The number of amides is 1. The predicted molar refractivity (Wildman–Crippen MR) is 110 cm³/mol. The van der Waals surface area contributed by atoms with Crippen LogP contribution in [0.4, 0.5) is 17.2 Å². The maximum atomic E-state index is 13.0. The van der Waals surface area contributed by atoms with Crippen LogP contribution < -0.4 is 10.2 Å². The van der Waals surface area contributed by atoms with E-state index in [0.29, 0.717) is 17.1 Å². The van der Waals surface area contributed by atoms with Crippen LogP contribution in [0.15, 0.2) is 60.7 Å². The fourth-order valence-electron chi connectivity index (χ4n) is 3.53. The van der Waals surface area contributed by atoms with Crippen molar-refractivity contribution in [2.75, 3.05) is 17.3 Å². The molecule has 7 nitrogen and oxygen atoms in total. The van der Waals surface area contributed by atoms with Crippen LogP contribution in [0.3, 0.4) is 0 Å². The topological polar surface area (TPSA) is 84.4 Å². The van der Waals surface area contributed by atoms with Crippen molar-refractivity contribution in [2.45, 2.75) is 19.4 Å². The highest BCUT2D eigenvalue weighted by Crippen LogP contribution is 2.32. The van der Waals surface area contributed by atoms with Gasteiger partial charge in [-0.3, -0.25) is 4.79 Å². The molecule has 2 heterocycles. The third kappa shape index (κ3) is 3.54. The first-order valence-electron chi connectivity index (χ1n) is 9.28. The highest BCUT2D eigenvalue weighted by Gasteiger charge is 2.32. The van der Waals surface area contributed by atoms with Crippen molar-refractivity contribution in [2.24, 2.45) is 0 Å². The third-order valence-corrected chi connectivity index (χ3v) is 4.90. The van der Waals surface area contributed by atoms with Crippen LogP contribution in [0.1, 0.15) is 33.3 Å². The van der Waals surface area contributed by atoms with E-state index in [0.717, 1.165) is 17.7 Å². The lowest BCUT2D eigenvalue weighted by Crippen LogP contribution is -2.36. The first-order chi connectivity index (χ1) is 14.1. The number of aromatic nitrogens is 2. The summed E-state index contributed by atoms with van der Waals surface area (Å²) in [4.78, 5) is 26.7. The van der Waals surface area contributed by atoms with E-state index in [9.17, 15) is 9.59 Å². The molecule has 4 rings (SSSR count). The number of carbonyl (C=O) groups excluding carboxylic acids is 2. The van der Waals surface area contributed by atoms with Crippen molar-refractivity contribution >= 4 is 29.1 Å². The highest BCUT2D eigenvalue weighted by molar-refractivity contribution is 6.06. The zero-order valence-corrected chi connectivity index (χ0v) is 16.1. The zero-order chi connectivity index (χ0) is 20.4. The maximum absolute atomic E-state index is 13.0. The molecule has 3 aromatic rings. The summed E-state index contributed by atoms with van der Waals surface area (Å²) in [6, 6.07) is 18.2. The maximum Gasteiger partial charge on any atom is 0.339 e. The van der Waals surface area contributed by atoms with Crippen LogP contribution in [0.2, 0.25) is 0 Å². The van der Waals surface area contributed by atoms with Gasteiger partial charge in [-0.05, 0) is 49.2 Å². The van der Waals surface area contributed by atoms with Gasteiger partial charge in [0.25, 0.3) is 5.91 Å². The summed E-state index contributed by atoms with van der Waals surface area (Å²) < 4.78 is 4.80. The van der Waals surface area contributed by atoms with E-state index in [2.05, 4.69) is 15.5 Å². The number of nitrogens with zero attached hydrogens (tertiary/aromatic N) is 3. The summed E-state index contributed by atoms with van der Waals surface area (Å²) >= 11 is 0. The lowest BCUT2D eigenvalue weighted by Gasteiger charge is -2.22. The fourth-order valence-corrected chi connectivity index (χ4v) is 3.53. The van der Waals surface area contributed by atoms with Gasteiger partial charge in [0.1, 0.15) is 0 Å². The van der Waals surface area contributed by atoms with E-state index in [1.54, 1.807) is 41.3 Å². The smallest absolute Gasteiger partial charge is 0.339 e. The number of fused-ring (bicyclic) bond motifs is 1. The third-order valence-electron chi connectivity index (χ3n) is 4.90. The molecule has 2 aromatic carbocycles. The molecule has 1 N–H and O–H groups in total. The Bertz CT molecular complexity index is 1070. The van der Waals surface area contributed by atoms with Gasteiger partial charge in [-0.15, -0.1) is 10.2 Å². The molecule has 7 heteroatoms. The summed E-state index contributed by atoms with van der Waals surface area (Å²) in [5.74, 6) is -0.209. The number of hydrogen-bond acceptors (Lipinski definition) is 6. The molecule has 0 aliphatic carbocycles. The summed E-state index contributed by atoms with van der Waals surface area (Å²) in [6.07, 6.45) is 0.819. The lowest BCUT2D eigenvalue weighted by atomic mass is 10.1. The molecule has 1 aliphatic rings. The molecule has 0 fully saturated rings. The minimum absolute atomic E-state index is 0.0615. The summed E-state index contributed by atoms with van der Waals surface area (Å²) in [5.41, 5.74) is 3.27. The van der Waals surface area contributed by atoms with Gasteiger partial charge in [0.2, 0.25) is 0 Å². The highest BCUT2D eigenvalue weighted by atomic mass is 16.5. The number of nitrogens with one attached hydrogen (secondary N) is 1. The molecule has 0 bridgehead atoms. The Kier molecular flexibility index (Phi) is 4.95. The predicted octanol–water partition coefficient (Wildman–Crippen LogP) is 3.60. The van der Waals surface area contributed by atoms with E-state index >= 15 is 0 Å². The molecular weight excluding hydrogens is 368 g/mol. The number of carbonyl (C=O) groups is 2. The van der Waals surface area contributed by atoms with Gasteiger partial charge < -0.3 is 15.0 Å². The van der Waals surface area contributed by atoms with E-state index in [1.807, 2.05) is 31.2 Å². The Hall–Kier alpha value is -3.74. The second-order valence-electron chi connectivity index (χ2n) is 6.82. The van der Waals surface area contributed by atoms with Gasteiger partial charge in [-0.25, -0.2) is 4.79 Å². The van der Waals surface area contributed by atoms with E-state index in [4.69, 9.17) is 4.74 Å². The van der Waals surface area contributed by atoms with Crippen molar-refractivity contribution in [3.8, 4) is 0 Å². The number of benzene rings is 2. The molecular formula is C22H20N4O3. The molecule has 1 amide bonds. The first kappa shape index (κ1) is 18.6. The number of hydrogen-bond donors (Lipinski definition) is 1. The van der Waals surface area contributed by atoms with E-state index in [1.165, 1.54) is 7.11 Å². The number of anilines is 3. The fraction of sp³-hybridized carbons (Fsp3) is 0.182. The Morgan fingerprint density at radius 3 is 2.55 bits per heavy atom. The average Bonchev–Trinajstić information content (AvgIpc) is 3.09. The van der Waals surface area contributed by atoms with Gasteiger partial charge in [0.15, 0.2) is 11.5 Å². The monoisotopic (exact) mass is 388 g/mol. The molecule has 0 spiro atoms. The lowest BCUT2D eigenvalue weighted by molar-refractivity contribution is 0.0601. The quantitative estimate of drug-likeness (QED) is 0.688. The summed E-state index contributed by atoms with van der Waals surface area (Å²) in [6.45, 7) is 2.02. The molecule has 1 aliphatic heterocycles. The van der Waals surface area contributed by atoms with E-state index in [-0.39, 0.29) is 17.6 Å². The van der Waals surface area contributed by atoms with Crippen molar-refractivity contribution in [3.63, 3.8) is 0 Å². The van der Waals surface area contributed by atoms with Crippen molar-refractivity contribution < 1.29 is 14.3 Å². The first-order valence-corrected chi connectivity index (χ1v) is 9.28. The SMILES string of the molecule is COC(=O)c1ccccc1Nc1ccc(C(=O)N2c3ccccc3CC2C)nn1. The van der Waals surface area contributed by atoms with Crippen LogP contribution in [-0.4, -0.2) is 35.2 Å².